The predicted octanol–water partition coefficient (Wildman–Crippen LogP) is 4.21. The zero-order valence-electron chi connectivity index (χ0n) is 13.3. The molecule has 0 N–H and O–H groups in total. The van der Waals surface area contributed by atoms with Gasteiger partial charge in [0.15, 0.2) is 5.65 Å². The summed E-state index contributed by atoms with van der Waals surface area (Å²) in [5, 5.41) is 4.36. The Hall–Kier alpha value is -3.27. The number of aliphatic imine (C=N–C) groups is 1. The Morgan fingerprint density at radius 3 is 2.08 bits per heavy atom. The number of rotatable bonds is 3. The Labute approximate surface area is 140 Å². The van der Waals surface area contributed by atoms with Gasteiger partial charge < -0.3 is 0 Å². The molecular formula is C20H16N4. The Kier molecular flexibility index (Phi) is 3.63. The van der Waals surface area contributed by atoms with E-state index in [2.05, 4.69) is 34.3 Å². The van der Waals surface area contributed by atoms with Gasteiger partial charge in [-0.3, -0.25) is 0 Å². The molecule has 0 spiro atoms. The van der Waals surface area contributed by atoms with Gasteiger partial charge in [0, 0.05) is 17.3 Å². The van der Waals surface area contributed by atoms with Crippen LogP contribution in [0.25, 0.3) is 5.65 Å². The monoisotopic (exact) mass is 312 g/mol. The number of hydrogen-bond acceptors (Lipinski definition) is 3. The Bertz CT molecular complexity index is 960. The van der Waals surface area contributed by atoms with Crippen LogP contribution in [0.5, 0.6) is 0 Å². The van der Waals surface area contributed by atoms with Gasteiger partial charge in [-0.2, -0.15) is 5.10 Å². The van der Waals surface area contributed by atoms with Crippen molar-refractivity contribution >= 4 is 17.0 Å². The smallest absolute Gasteiger partial charge is 0.181 e. The quantitative estimate of drug-likeness (QED) is 0.532. The maximum Gasteiger partial charge on any atom is 0.181 e. The fraction of sp³-hybridized carbons (Fsp3) is 0.0500. The summed E-state index contributed by atoms with van der Waals surface area (Å²) in [7, 11) is 0. The molecule has 4 heteroatoms. The normalized spacial score (nSPS) is 10.7. The van der Waals surface area contributed by atoms with Gasteiger partial charge in [0.25, 0.3) is 0 Å². The summed E-state index contributed by atoms with van der Waals surface area (Å²) in [6.07, 6.45) is 1.89. The van der Waals surface area contributed by atoms with E-state index >= 15 is 0 Å². The van der Waals surface area contributed by atoms with Crippen LogP contribution in [0.15, 0.2) is 84.0 Å². The molecule has 0 amide bonds. The maximum absolute atomic E-state index is 4.93. The highest BCUT2D eigenvalue weighted by Gasteiger charge is 2.10. The van der Waals surface area contributed by atoms with E-state index in [1.165, 1.54) is 0 Å². The summed E-state index contributed by atoms with van der Waals surface area (Å²) < 4.78 is 1.77. The second-order valence-corrected chi connectivity index (χ2v) is 5.51. The first kappa shape index (κ1) is 14.3. The van der Waals surface area contributed by atoms with Crippen LogP contribution in [-0.4, -0.2) is 20.3 Å². The van der Waals surface area contributed by atoms with Gasteiger partial charge in [0.1, 0.15) is 11.5 Å². The summed E-state index contributed by atoms with van der Waals surface area (Å²) in [5.41, 5.74) is 4.63. The van der Waals surface area contributed by atoms with Crippen molar-refractivity contribution in [2.24, 2.45) is 4.99 Å². The second-order valence-electron chi connectivity index (χ2n) is 5.51. The highest BCUT2D eigenvalue weighted by atomic mass is 15.3. The van der Waals surface area contributed by atoms with Crippen molar-refractivity contribution in [2.75, 3.05) is 0 Å². The zero-order chi connectivity index (χ0) is 16.4. The van der Waals surface area contributed by atoms with E-state index in [1.807, 2.05) is 61.7 Å². The van der Waals surface area contributed by atoms with Gasteiger partial charge in [0.2, 0.25) is 0 Å². The van der Waals surface area contributed by atoms with Crippen LogP contribution in [0, 0.1) is 6.92 Å². The molecule has 2 aromatic heterocycles. The standard InChI is InChI=1S/C20H16N4/c1-15-21-20-18(13-8-14-24(20)23-15)22-19(16-9-4-2-5-10-16)17-11-6-3-7-12-17/h2-14H,1H3. The van der Waals surface area contributed by atoms with Crippen molar-refractivity contribution in [1.29, 1.82) is 0 Å². The van der Waals surface area contributed by atoms with Crippen molar-refractivity contribution in [2.45, 2.75) is 6.92 Å². The van der Waals surface area contributed by atoms with Gasteiger partial charge in [-0.05, 0) is 19.1 Å². The van der Waals surface area contributed by atoms with Crippen LogP contribution in [-0.2, 0) is 0 Å². The Morgan fingerprint density at radius 1 is 0.833 bits per heavy atom. The topological polar surface area (TPSA) is 42.5 Å². The Morgan fingerprint density at radius 2 is 1.46 bits per heavy atom. The van der Waals surface area contributed by atoms with Gasteiger partial charge in [-0.15, -0.1) is 0 Å². The summed E-state index contributed by atoms with van der Waals surface area (Å²) in [6, 6.07) is 24.3. The molecule has 2 heterocycles. The molecule has 0 saturated heterocycles. The van der Waals surface area contributed by atoms with E-state index in [0.29, 0.717) is 0 Å². The lowest BCUT2D eigenvalue weighted by Crippen LogP contribution is -2.02. The molecule has 4 aromatic rings. The van der Waals surface area contributed by atoms with Crippen molar-refractivity contribution in [3.05, 3.63) is 95.9 Å². The number of hydrogen-bond donors (Lipinski definition) is 0. The minimum absolute atomic E-state index is 0.735. The number of nitrogens with zero attached hydrogens (tertiary/aromatic N) is 4. The number of fused-ring (bicyclic) bond motifs is 1. The molecule has 0 radical (unpaired) electrons. The minimum Gasteiger partial charge on any atom is -0.244 e. The van der Waals surface area contributed by atoms with E-state index in [-0.39, 0.29) is 0 Å². The summed E-state index contributed by atoms with van der Waals surface area (Å²) in [6.45, 7) is 1.88. The first-order valence-corrected chi connectivity index (χ1v) is 7.83. The van der Waals surface area contributed by atoms with E-state index in [0.717, 1.165) is 34.0 Å². The number of aryl methyl sites for hydroxylation is 1. The number of aromatic nitrogens is 3. The largest absolute Gasteiger partial charge is 0.244 e. The van der Waals surface area contributed by atoms with E-state index < -0.39 is 0 Å². The Balaban J connectivity index is 1.94. The van der Waals surface area contributed by atoms with Crippen LogP contribution in [0.2, 0.25) is 0 Å². The molecule has 0 aliphatic heterocycles. The van der Waals surface area contributed by atoms with E-state index in [9.17, 15) is 0 Å². The fourth-order valence-electron chi connectivity index (χ4n) is 2.69. The molecule has 0 aliphatic rings. The van der Waals surface area contributed by atoms with Crippen molar-refractivity contribution in [3.63, 3.8) is 0 Å². The molecule has 0 fully saturated rings. The summed E-state index contributed by atoms with van der Waals surface area (Å²) in [5.74, 6) is 0.735. The average molecular weight is 312 g/mol. The van der Waals surface area contributed by atoms with Gasteiger partial charge in [-0.25, -0.2) is 14.5 Å². The highest BCUT2D eigenvalue weighted by molar-refractivity contribution is 6.14. The molecule has 0 aliphatic carbocycles. The molecule has 116 valence electrons. The molecule has 0 bridgehead atoms. The number of benzene rings is 2. The molecule has 2 aromatic carbocycles. The lowest BCUT2D eigenvalue weighted by atomic mass is 10.0. The van der Waals surface area contributed by atoms with Crippen LogP contribution in [0.1, 0.15) is 17.0 Å². The van der Waals surface area contributed by atoms with Crippen molar-refractivity contribution in [3.8, 4) is 0 Å². The molecule has 0 unspecified atom stereocenters. The maximum atomic E-state index is 4.93. The predicted molar refractivity (Wildman–Crippen MR) is 95.9 cm³/mol. The van der Waals surface area contributed by atoms with Gasteiger partial charge in [0.05, 0.1) is 5.71 Å². The van der Waals surface area contributed by atoms with Crippen LogP contribution >= 0.6 is 0 Å². The molecule has 4 rings (SSSR count). The molecule has 0 saturated carbocycles. The minimum atomic E-state index is 0.735. The van der Waals surface area contributed by atoms with E-state index in [1.54, 1.807) is 4.52 Å². The molecule has 4 nitrogen and oxygen atoms in total. The molecule has 0 atom stereocenters. The third-order valence-electron chi connectivity index (χ3n) is 3.77. The lowest BCUT2D eigenvalue weighted by Gasteiger charge is -2.08. The molecule has 24 heavy (non-hydrogen) atoms. The first-order valence-electron chi connectivity index (χ1n) is 7.83. The highest BCUT2D eigenvalue weighted by Crippen LogP contribution is 2.22. The third-order valence-corrected chi connectivity index (χ3v) is 3.77. The SMILES string of the molecule is Cc1nc2c(N=C(c3ccccc3)c3ccccc3)cccn2n1. The van der Waals surface area contributed by atoms with Gasteiger partial charge in [-0.1, -0.05) is 60.7 Å². The third kappa shape index (κ3) is 2.70. The summed E-state index contributed by atoms with van der Waals surface area (Å²) in [4.78, 5) is 9.43. The van der Waals surface area contributed by atoms with Crippen molar-refractivity contribution in [1.82, 2.24) is 14.6 Å². The van der Waals surface area contributed by atoms with Crippen LogP contribution in [0.3, 0.4) is 0 Å². The number of pyridine rings is 1. The van der Waals surface area contributed by atoms with Crippen LogP contribution < -0.4 is 0 Å². The fourth-order valence-corrected chi connectivity index (χ4v) is 2.69. The second kappa shape index (κ2) is 6.08. The average Bonchev–Trinajstić information content (AvgIpc) is 3.02. The van der Waals surface area contributed by atoms with E-state index in [4.69, 9.17) is 4.99 Å². The van der Waals surface area contributed by atoms with Crippen molar-refractivity contribution < 1.29 is 0 Å². The zero-order valence-corrected chi connectivity index (χ0v) is 13.3. The van der Waals surface area contributed by atoms with Gasteiger partial charge >= 0.3 is 0 Å². The molecular weight excluding hydrogens is 296 g/mol. The summed E-state index contributed by atoms with van der Waals surface area (Å²) >= 11 is 0. The lowest BCUT2D eigenvalue weighted by molar-refractivity contribution is 0.930. The first-order chi connectivity index (χ1) is 11.8. The van der Waals surface area contributed by atoms with Crippen LogP contribution in [0.4, 0.5) is 5.69 Å².